The van der Waals surface area contributed by atoms with Crippen molar-refractivity contribution in [1.29, 1.82) is 0 Å². The van der Waals surface area contributed by atoms with Crippen molar-refractivity contribution < 1.29 is 0 Å². The van der Waals surface area contributed by atoms with Crippen LogP contribution in [0, 0.1) is 13.8 Å². The third-order valence-electron chi connectivity index (χ3n) is 15.0. The second-order valence-electron chi connectivity index (χ2n) is 18.1. The molecule has 0 saturated carbocycles. The van der Waals surface area contributed by atoms with E-state index < -0.39 is 0 Å². The SMILES string of the molecule is Cc1cc2c(c3c1-c1ccccc1C3)-c1cc3c(cc1C2)Cc1cc(N(C)c2ccc4c(c2)Cc2cc5c(cc2-4)-c2c(cc(C)c4c2Cc2ccccc2-4)C5)ccc1-3. The molecule has 8 aromatic carbocycles. The van der Waals surface area contributed by atoms with E-state index in [1.165, 1.54) is 145 Å². The highest BCUT2D eigenvalue weighted by atomic mass is 15.1. The minimum absolute atomic E-state index is 1.00. The number of aryl methyl sites for hydroxylation is 2. The maximum atomic E-state index is 2.55. The molecule has 14 rings (SSSR count). The summed E-state index contributed by atoms with van der Waals surface area (Å²) in [6.07, 6.45) is 6.17. The van der Waals surface area contributed by atoms with Crippen molar-refractivity contribution in [3.63, 3.8) is 0 Å². The van der Waals surface area contributed by atoms with E-state index in [0.717, 1.165) is 38.5 Å². The molecule has 1 heteroatoms. The lowest BCUT2D eigenvalue weighted by atomic mass is 9.90. The van der Waals surface area contributed by atoms with Gasteiger partial charge < -0.3 is 4.90 Å². The summed E-state index contributed by atoms with van der Waals surface area (Å²) >= 11 is 0. The monoisotopic (exact) mass is 739 g/mol. The maximum Gasteiger partial charge on any atom is 0.0411 e. The van der Waals surface area contributed by atoms with Crippen molar-refractivity contribution in [1.82, 2.24) is 0 Å². The van der Waals surface area contributed by atoms with Gasteiger partial charge in [-0.2, -0.15) is 0 Å². The second kappa shape index (κ2) is 10.9. The molecule has 0 heterocycles. The molecular formula is C57H41N. The van der Waals surface area contributed by atoms with Crippen LogP contribution >= 0.6 is 0 Å². The average Bonchev–Trinajstić information content (AvgIpc) is 4.07. The molecular weight excluding hydrogens is 699 g/mol. The van der Waals surface area contributed by atoms with Crippen molar-refractivity contribution in [2.75, 3.05) is 11.9 Å². The lowest BCUT2D eigenvalue weighted by Crippen LogP contribution is -2.10. The predicted octanol–water partition coefficient (Wildman–Crippen LogP) is 13.5. The lowest BCUT2D eigenvalue weighted by molar-refractivity contribution is 1.17. The Morgan fingerprint density at radius 3 is 1.21 bits per heavy atom. The zero-order chi connectivity index (χ0) is 38.1. The molecule has 0 bridgehead atoms. The van der Waals surface area contributed by atoms with E-state index in [4.69, 9.17) is 0 Å². The van der Waals surface area contributed by atoms with Gasteiger partial charge in [0.1, 0.15) is 0 Å². The molecule has 274 valence electrons. The van der Waals surface area contributed by atoms with Crippen molar-refractivity contribution in [3.8, 4) is 66.8 Å². The van der Waals surface area contributed by atoms with E-state index in [9.17, 15) is 0 Å². The summed E-state index contributed by atoms with van der Waals surface area (Å²) in [5.41, 5.74) is 40.7. The van der Waals surface area contributed by atoms with Gasteiger partial charge in [0.2, 0.25) is 0 Å². The Morgan fingerprint density at radius 2 is 0.724 bits per heavy atom. The highest BCUT2D eigenvalue weighted by molar-refractivity contribution is 5.96. The van der Waals surface area contributed by atoms with Crippen LogP contribution in [0.3, 0.4) is 0 Å². The zero-order valence-electron chi connectivity index (χ0n) is 33.2. The highest BCUT2D eigenvalue weighted by Crippen LogP contribution is 2.54. The van der Waals surface area contributed by atoms with Crippen LogP contribution in [0.25, 0.3) is 66.8 Å². The van der Waals surface area contributed by atoms with Gasteiger partial charge in [-0.25, -0.2) is 0 Å². The molecule has 0 N–H and O–H groups in total. The van der Waals surface area contributed by atoms with Crippen molar-refractivity contribution in [3.05, 3.63) is 199 Å². The number of nitrogens with zero attached hydrogens (tertiary/aromatic N) is 1. The maximum absolute atomic E-state index is 2.55. The van der Waals surface area contributed by atoms with Crippen LogP contribution in [0.15, 0.2) is 121 Å². The number of anilines is 2. The molecule has 0 atom stereocenters. The van der Waals surface area contributed by atoms with Crippen LogP contribution in [0.4, 0.5) is 11.4 Å². The van der Waals surface area contributed by atoms with E-state index in [1.54, 1.807) is 11.1 Å². The standard InChI is InChI=1S/C57H41N/c1-30-16-40-22-36-18-34-20-38-24-42(12-14-44(38)48(34)28-50(36)56(40)52-26-32-8-4-6-10-46(32)54(30)52)58(3)43-13-15-45-39(25-43)21-35-19-37-23-41-17-31(2)55-47-11-7-5-9-33(47)27-53(55)57(41)51(37)29-49(35)45/h4-19,24-25,28-29H,20-23,26-27H2,1-3H3. The predicted molar refractivity (Wildman–Crippen MR) is 240 cm³/mol. The van der Waals surface area contributed by atoms with Gasteiger partial charge in [-0.3, -0.25) is 0 Å². The largest absolute Gasteiger partial charge is 0.345 e. The van der Waals surface area contributed by atoms with Gasteiger partial charge in [-0.15, -0.1) is 0 Å². The number of fused-ring (bicyclic) bond motifs is 20. The van der Waals surface area contributed by atoms with Crippen molar-refractivity contribution in [2.45, 2.75) is 52.4 Å². The molecule has 0 spiro atoms. The molecule has 0 unspecified atom stereocenters. The fourth-order valence-electron chi connectivity index (χ4n) is 12.5. The highest BCUT2D eigenvalue weighted by Gasteiger charge is 2.34. The first-order chi connectivity index (χ1) is 28.4. The fourth-order valence-corrected chi connectivity index (χ4v) is 12.5. The van der Waals surface area contributed by atoms with Gasteiger partial charge in [0.15, 0.2) is 0 Å². The van der Waals surface area contributed by atoms with Gasteiger partial charge in [-0.1, -0.05) is 84.9 Å². The number of benzene rings is 8. The van der Waals surface area contributed by atoms with Crippen LogP contribution in [0.1, 0.15) is 77.9 Å². The summed E-state index contributed by atoms with van der Waals surface area (Å²) in [6.45, 7) is 4.62. The summed E-state index contributed by atoms with van der Waals surface area (Å²) in [5, 5.41) is 0. The quantitative estimate of drug-likeness (QED) is 0.171. The molecule has 6 aliphatic rings. The normalized spacial score (nSPS) is 14.4. The number of hydrogen-bond acceptors (Lipinski definition) is 1. The molecule has 6 aliphatic carbocycles. The molecule has 8 aromatic rings. The van der Waals surface area contributed by atoms with E-state index in [1.807, 2.05) is 0 Å². The Labute approximate surface area is 340 Å². The summed E-state index contributed by atoms with van der Waals surface area (Å²) < 4.78 is 0. The van der Waals surface area contributed by atoms with E-state index in [0.29, 0.717) is 0 Å². The van der Waals surface area contributed by atoms with Crippen LogP contribution in [0.2, 0.25) is 0 Å². The second-order valence-corrected chi connectivity index (χ2v) is 18.1. The third-order valence-corrected chi connectivity index (χ3v) is 15.0. The Hall–Kier alpha value is -6.44. The van der Waals surface area contributed by atoms with E-state index >= 15 is 0 Å². The van der Waals surface area contributed by atoms with Crippen LogP contribution < -0.4 is 4.90 Å². The van der Waals surface area contributed by atoms with Gasteiger partial charge in [0, 0.05) is 18.4 Å². The summed E-state index contributed by atoms with van der Waals surface area (Å²) in [4.78, 5) is 2.39. The van der Waals surface area contributed by atoms with Gasteiger partial charge in [-0.05, 0) is 233 Å². The number of rotatable bonds is 2. The first-order valence-corrected chi connectivity index (χ1v) is 21.2. The molecule has 0 saturated heterocycles. The smallest absolute Gasteiger partial charge is 0.0411 e. The topological polar surface area (TPSA) is 3.24 Å². The Kier molecular flexibility index (Phi) is 5.96. The minimum atomic E-state index is 1.00. The van der Waals surface area contributed by atoms with Crippen LogP contribution in [0.5, 0.6) is 0 Å². The molecule has 0 aliphatic heterocycles. The summed E-state index contributed by atoms with van der Waals surface area (Å²) in [6, 6.07) is 47.6. The summed E-state index contributed by atoms with van der Waals surface area (Å²) in [5.74, 6) is 0. The third kappa shape index (κ3) is 4.06. The van der Waals surface area contributed by atoms with Gasteiger partial charge in [0.25, 0.3) is 0 Å². The molecule has 0 radical (unpaired) electrons. The first-order valence-electron chi connectivity index (χ1n) is 21.2. The molecule has 0 aromatic heterocycles. The van der Waals surface area contributed by atoms with Crippen LogP contribution in [-0.4, -0.2) is 7.05 Å². The minimum Gasteiger partial charge on any atom is -0.345 e. The van der Waals surface area contributed by atoms with Gasteiger partial charge in [0.05, 0.1) is 0 Å². The Morgan fingerprint density at radius 1 is 0.310 bits per heavy atom. The lowest BCUT2D eigenvalue weighted by Gasteiger charge is -2.21. The average molecular weight is 740 g/mol. The Bertz CT molecular complexity index is 3040. The van der Waals surface area contributed by atoms with Crippen LogP contribution in [-0.2, 0) is 38.5 Å². The zero-order valence-corrected chi connectivity index (χ0v) is 33.2. The Balaban J connectivity index is 0.779. The van der Waals surface area contributed by atoms with Gasteiger partial charge >= 0.3 is 0 Å². The molecule has 0 fully saturated rings. The molecule has 58 heavy (non-hydrogen) atoms. The molecule has 1 nitrogen and oxygen atoms in total. The molecule has 0 amide bonds. The van der Waals surface area contributed by atoms with Crippen molar-refractivity contribution in [2.24, 2.45) is 0 Å². The summed E-state index contributed by atoms with van der Waals surface area (Å²) in [7, 11) is 2.24. The van der Waals surface area contributed by atoms with E-state index in [2.05, 4.69) is 147 Å². The van der Waals surface area contributed by atoms with E-state index in [-0.39, 0.29) is 0 Å². The number of hydrogen-bond donors (Lipinski definition) is 0. The van der Waals surface area contributed by atoms with Crippen molar-refractivity contribution >= 4 is 11.4 Å². The first kappa shape index (κ1) is 31.6. The fraction of sp³-hybridized carbons (Fsp3) is 0.158.